The second kappa shape index (κ2) is 5.50. The fraction of sp³-hybridized carbons (Fsp3) is 0.200. The van der Waals surface area contributed by atoms with Gasteiger partial charge in [-0.3, -0.25) is 0 Å². The van der Waals surface area contributed by atoms with Crippen LogP contribution in [-0.2, 0) is 0 Å². The number of rotatable bonds is 3. The minimum absolute atomic E-state index is 0.106. The molecule has 0 spiro atoms. The summed E-state index contributed by atoms with van der Waals surface area (Å²) in [5, 5.41) is 13.9. The van der Waals surface area contributed by atoms with Crippen LogP contribution < -0.4 is 10.6 Å². The van der Waals surface area contributed by atoms with Crippen LogP contribution in [0.2, 0.25) is 0 Å². The number of halogens is 1. The number of carboxylic acids is 1. The van der Waals surface area contributed by atoms with E-state index in [1.165, 1.54) is 6.07 Å². The normalized spacial score (nSPS) is 9.62. The van der Waals surface area contributed by atoms with Crippen molar-refractivity contribution in [1.29, 1.82) is 0 Å². The monoisotopic (exact) mass is 286 g/mol. The van der Waals surface area contributed by atoms with E-state index in [2.05, 4.69) is 26.6 Å². The third-order valence-electron chi connectivity index (χ3n) is 1.79. The summed E-state index contributed by atoms with van der Waals surface area (Å²) in [7, 11) is 0. The molecule has 0 unspecified atom stereocenters. The van der Waals surface area contributed by atoms with Crippen molar-refractivity contribution in [1.82, 2.24) is 5.32 Å². The van der Waals surface area contributed by atoms with Crippen molar-refractivity contribution in [3.8, 4) is 0 Å². The van der Waals surface area contributed by atoms with Crippen molar-refractivity contribution in [2.45, 2.75) is 6.92 Å². The highest BCUT2D eigenvalue weighted by molar-refractivity contribution is 9.10. The Kier molecular flexibility index (Phi) is 4.30. The number of urea groups is 1. The van der Waals surface area contributed by atoms with E-state index in [1.807, 2.05) is 0 Å². The van der Waals surface area contributed by atoms with Gasteiger partial charge in [0.15, 0.2) is 0 Å². The lowest BCUT2D eigenvalue weighted by Crippen LogP contribution is -2.28. The molecule has 0 atom stereocenters. The summed E-state index contributed by atoms with van der Waals surface area (Å²) in [6, 6.07) is 4.22. The van der Waals surface area contributed by atoms with E-state index in [-0.39, 0.29) is 11.6 Å². The lowest BCUT2D eigenvalue weighted by atomic mass is 10.2. The van der Waals surface area contributed by atoms with E-state index in [1.54, 1.807) is 19.1 Å². The predicted molar refractivity (Wildman–Crippen MR) is 63.8 cm³/mol. The number of amides is 2. The number of carboxylic acid groups (broad SMARTS) is 1. The third kappa shape index (κ3) is 3.23. The zero-order chi connectivity index (χ0) is 12.1. The molecule has 5 nitrogen and oxygen atoms in total. The van der Waals surface area contributed by atoms with Crippen LogP contribution in [0.4, 0.5) is 10.5 Å². The summed E-state index contributed by atoms with van der Waals surface area (Å²) in [6.45, 7) is 2.30. The molecular formula is C10H11BrN2O3. The number of hydrogen-bond acceptors (Lipinski definition) is 2. The number of aromatic carboxylic acids is 1. The highest BCUT2D eigenvalue weighted by Gasteiger charge is 2.09. The van der Waals surface area contributed by atoms with Crippen LogP contribution >= 0.6 is 15.9 Å². The molecule has 16 heavy (non-hydrogen) atoms. The summed E-state index contributed by atoms with van der Waals surface area (Å²) in [5.74, 6) is -1.05. The molecule has 1 rings (SSSR count). The summed E-state index contributed by atoms with van der Waals surface area (Å²) >= 11 is 3.12. The maximum Gasteiger partial charge on any atom is 0.336 e. The van der Waals surface area contributed by atoms with E-state index in [0.29, 0.717) is 16.7 Å². The maximum atomic E-state index is 11.2. The molecule has 0 aliphatic carbocycles. The Bertz CT molecular complexity index is 421. The number of anilines is 1. The van der Waals surface area contributed by atoms with Crippen LogP contribution in [0.1, 0.15) is 17.3 Å². The Labute approximate surface area is 101 Å². The molecule has 86 valence electrons. The zero-order valence-electron chi connectivity index (χ0n) is 8.58. The van der Waals surface area contributed by atoms with E-state index >= 15 is 0 Å². The molecular weight excluding hydrogens is 276 g/mol. The van der Waals surface area contributed by atoms with Crippen LogP contribution in [-0.4, -0.2) is 23.7 Å². The van der Waals surface area contributed by atoms with E-state index in [9.17, 15) is 9.59 Å². The van der Waals surface area contributed by atoms with E-state index in [4.69, 9.17) is 5.11 Å². The lowest BCUT2D eigenvalue weighted by Gasteiger charge is -2.07. The van der Waals surface area contributed by atoms with E-state index < -0.39 is 5.97 Å². The van der Waals surface area contributed by atoms with Crippen LogP contribution in [0.15, 0.2) is 22.7 Å². The van der Waals surface area contributed by atoms with Crippen molar-refractivity contribution in [2.24, 2.45) is 0 Å². The van der Waals surface area contributed by atoms with Gasteiger partial charge < -0.3 is 15.7 Å². The zero-order valence-corrected chi connectivity index (χ0v) is 10.2. The Balaban J connectivity index is 2.87. The Hall–Kier alpha value is -1.56. The first kappa shape index (κ1) is 12.5. The second-order valence-electron chi connectivity index (χ2n) is 2.98. The molecule has 0 heterocycles. The first-order valence-electron chi connectivity index (χ1n) is 4.62. The SMILES string of the molecule is CCNC(=O)Nc1ccc(Br)c(C(=O)O)c1. The van der Waals surface area contributed by atoms with Crippen LogP contribution in [0.25, 0.3) is 0 Å². The van der Waals surface area contributed by atoms with Crippen molar-refractivity contribution in [3.63, 3.8) is 0 Å². The molecule has 0 aromatic heterocycles. The molecule has 1 aromatic carbocycles. The van der Waals surface area contributed by atoms with E-state index in [0.717, 1.165) is 0 Å². The summed E-state index contributed by atoms with van der Waals surface area (Å²) in [5.41, 5.74) is 0.542. The smallest absolute Gasteiger partial charge is 0.336 e. The van der Waals surface area contributed by atoms with Gasteiger partial charge in [0.25, 0.3) is 0 Å². The molecule has 0 saturated heterocycles. The summed E-state index contributed by atoms with van der Waals surface area (Å²) in [4.78, 5) is 22.0. The minimum atomic E-state index is -1.05. The van der Waals surface area contributed by atoms with Gasteiger partial charge in [-0.05, 0) is 41.1 Å². The molecule has 6 heteroatoms. The maximum absolute atomic E-state index is 11.2. The molecule has 0 bridgehead atoms. The predicted octanol–water partition coefficient (Wildman–Crippen LogP) is 2.29. The average Bonchev–Trinajstić information content (AvgIpc) is 2.21. The second-order valence-corrected chi connectivity index (χ2v) is 3.84. The Morgan fingerprint density at radius 2 is 2.12 bits per heavy atom. The molecule has 0 aliphatic heterocycles. The quantitative estimate of drug-likeness (QED) is 0.798. The van der Waals surface area contributed by atoms with Gasteiger partial charge in [0, 0.05) is 16.7 Å². The van der Waals surface area contributed by atoms with Crippen molar-refractivity contribution < 1.29 is 14.7 Å². The van der Waals surface area contributed by atoms with Gasteiger partial charge in [-0.1, -0.05) is 0 Å². The molecule has 0 aliphatic rings. The van der Waals surface area contributed by atoms with Crippen molar-refractivity contribution >= 4 is 33.6 Å². The molecule has 3 N–H and O–H groups in total. The summed E-state index contributed by atoms with van der Waals surface area (Å²) < 4.78 is 0.474. The van der Waals surface area contributed by atoms with Gasteiger partial charge in [-0.25, -0.2) is 9.59 Å². The highest BCUT2D eigenvalue weighted by Crippen LogP contribution is 2.21. The molecule has 0 radical (unpaired) electrons. The van der Waals surface area contributed by atoms with Gasteiger partial charge >= 0.3 is 12.0 Å². The standard InChI is InChI=1S/C10H11BrN2O3/c1-2-12-10(16)13-6-3-4-8(11)7(5-6)9(14)15/h3-5H,2H2,1H3,(H,14,15)(H2,12,13,16). The van der Waals surface area contributed by atoms with Gasteiger partial charge in [0.2, 0.25) is 0 Å². The van der Waals surface area contributed by atoms with Crippen molar-refractivity contribution in [3.05, 3.63) is 28.2 Å². The number of carbonyl (C=O) groups excluding carboxylic acids is 1. The topological polar surface area (TPSA) is 78.4 Å². The van der Waals surface area contributed by atoms with Gasteiger partial charge in [-0.2, -0.15) is 0 Å². The van der Waals surface area contributed by atoms with Gasteiger partial charge in [0.05, 0.1) is 5.56 Å². The fourth-order valence-corrected chi connectivity index (χ4v) is 1.52. The van der Waals surface area contributed by atoms with Crippen molar-refractivity contribution in [2.75, 3.05) is 11.9 Å². The van der Waals surface area contributed by atoms with Crippen LogP contribution in [0.5, 0.6) is 0 Å². The van der Waals surface area contributed by atoms with Gasteiger partial charge in [0.1, 0.15) is 0 Å². The third-order valence-corrected chi connectivity index (χ3v) is 2.48. The number of nitrogens with one attached hydrogen (secondary N) is 2. The van der Waals surface area contributed by atoms with Gasteiger partial charge in [-0.15, -0.1) is 0 Å². The number of carbonyl (C=O) groups is 2. The van der Waals surface area contributed by atoms with Crippen LogP contribution in [0.3, 0.4) is 0 Å². The Morgan fingerprint density at radius 3 is 2.69 bits per heavy atom. The van der Waals surface area contributed by atoms with Crippen LogP contribution in [0, 0.1) is 0 Å². The molecule has 2 amide bonds. The first-order chi connectivity index (χ1) is 7.54. The Morgan fingerprint density at radius 1 is 1.44 bits per heavy atom. The first-order valence-corrected chi connectivity index (χ1v) is 5.41. The lowest BCUT2D eigenvalue weighted by molar-refractivity contribution is 0.0696. The number of hydrogen-bond donors (Lipinski definition) is 3. The minimum Gasteiger partial charge on any atom is -0.478 e. The molecule has 0 saturated carbocycles. The highest BCUT2D eigenvalue weighted by atomic mass is 79.9. The average molecular weight is 287 g/mol. The number of benzene rings is 1. The largest absolute Gasteiger partial charge is 0.478 e. The fourth-order valence-electron chi connectivity index (χ4n) is 1.10. The summed E-state index contributed by atoms with van der Waals surface area (Å²) in [6.07, 6.45) is 0. The molecule has 1 aromatic rings. The molecule has 0 fully saturated rings.